The van der Waals surface area contributed by atoms with Gasteiger partial charge in [0.25, 0.3) is 5.89 Å². The molecule has 6 rings (SSSR count). The Morgan fingerprint density at radius 3 is 2.60 bits per heavy atom. The van der Waals surface area contributed by atoms with Gasteiger partial charge in [-0.2, -0.15) is 4.98 Å². The average molecular weight is 413 g/mol. The summed E-state index contributed by atoms with van der Waals surface area (Å²) in [6.07, 6.45) is 2.50. The Hall–Kier alpha value is -3.58. The normalized spacial score (nSPS) is 13.7. The van der Waals surface area contributed by atoms with E-state index in [2.05, 4.69) is 15.5 Å². The lowest BCUT2D eigenvalue weighted by Crippen LogP contribution is -2.02. The molecule has 6 nitrogen and oxygen atoms in total. The van der Waals surface area contributed by atoms with E-state index in [1.54, 1.807) is 23.5 Å². The topological polar surface area (TPSA) is 82.0 Å². The van der Waals surface area contributed by atoms with E-state index in [1.165, 1.54) is 17.8 Å². The number of hydrogen-bond acceptors (Lipinski definition) is 7. The minimum absolute atomic E-state index is 0.141. The highest BCUT2D eigenvalue weighted by atomic mass is 32.1. The molecule has 1 saturated carbocycles. The van der Waals surface area contributed by atoms with Crippen LogP contribution in [0.1, 0.15) is 23.8 Å². The van der Waals surface area contributed by atoms with Crippen molar-refractivity contribution in [2.75, 3.05) is 0 Å². The molecule has 0 atom stereocenters. The predicted octanol–water partition coefficient (Wildman–Crippen LogP) is 5.51. The number of hydrogen-bond donors (Lipinski definition) is 0. The predicted molar refractivity (Wildman–Crippen MR) is 114 cm³/mol. The molecule has 1 aliphatic rings. The van der Waals surface area contributed by atoms with E-state index in [0.717, 1.165) is 22.2 Å². The number of fused-ring (bicyclic) bond motifs is 1. The Balaban J connectivity index is 1.31. The molecule has 0 saturated heterocycles. The number of thiazole rings is 1. The molecule has 0 spiro atoms. The third-order valence-corrected chi connectivity index (χ3v) is 6.19. The van der Waals surface area contributed by atoms with Gasteiger partial charge in [-0.1, -0.05) is 47.6 Å². The van der Waals surface area contributed by atoms with Crippen LogP contribution in [0.2, 0.25) is 0 Å². The summed E-state index contributed by atoms with van der Waals surface area (Å²) in [6, 6.07) is 16.9. The lowest BCUT2D eigenvalue weighted by atomic mass is 10.1. The van der Waals surface area contributed by atoms with Crippen LogP contribution in [0, 0.1) is 0 Å². The molecule has 3 heterocycles. The van der Waals surface area contributed by atoms with Gasteiger partial charge in [-0.3, -0.25) is 0 Å². The van der Waals surface area contributed by atoms with E-state index in [-0.39, 0.29) is 11.5 Å². The van der Waals surface area contributed by atoms with E-state index in [9.17, 15) is 4.79 Å². The van der Waals surface area contributed by atoms with Crippen LogP contribution in [0.4, 0.5) is 0 Å². The second kappa shape index (κ2) is 6.74. The van der Waals surface area contributed by atoms with Crippen LogP contribution in [0.15, 0.2) is 73.7 Å². The van der Waals surface area contributed by atoms with Crippen molar-refractivity contribution in [1.82, 2.24) is 15.1 Å². The Bertz CT molecular complexity index is 1430. The lowest BCUT2D eigenvalue weighted by molar-refractivity contribution is 0.429. The van der Waals surface area contributed by atoms with Crippen molar-refractivity contribution in [2.24, 2.45) is 0 Å². The van der Waals surface area contributed by atoms with E-state index in [0.29, 0.717) is 17.3 Å². The summed E-state index contributed by atoms with van der Waals surface area (Å²) in [7, 11) is 0. The Kier molecular flexibility index (Phi) is 3.89. The van der Waals surface area contributed by atoms with Crippen LogP contribution in [0.3, 0.4) is 0 Å². The highest BCUT2D eigenvalue weighted by Gasteiger charge is 2.26. The molecule has 0 unspecified atom stereocenters. The van der Waals surface area contributed by atoms with Crippen molar-refractivity contribution in [3.63, 3.8) is 0 Å². The molecule has 7 heteroatoms. The van der Waals surface area contributed by atoms with Gasteiger partial charge in [-0.05, 0) is 25.0 Å². The van der Waals surface area contributed by atoms with Crippen LogP contribution >= 0.6 is 11.3 Å². The van der Waals surface area contributed by atoms with Crippen molar-refractivity contribution in [3.8, 4) is 34.1 Å². The van der Waals surface area contributed by atoms with Gasteiger partial charge in [-0.15, -0.1) is 11.3 Å². The van der Waals surface area contributed by atoms with Crippen LogP contribution in [0.25, 0.3) is 45.1 Å². The molecular formula is C23H15N3O3S. The number of benzene rings is 2. The highest BCUT2D eigenvalue weighted by Crippen LogP contribution is 2.42. The molecule has 1 aliphatic carbocycles. The van der Waals surface area contributed by atoms with Crippen LogP contribution in [-0.2, 0) is 0 Å². The fraction of sp³-hybridized carbons (Fsp3) is 0.130. The molecule has 0 radical (unpaired) electrons. The lowest BCUT2D eigenvalue weighted by Gasteiger charge is -1.99. The highest BCUT2D eigenvalue weighted by molar-refractivity contribution is 7.10. The molecule has 0 aliphatic heterocycles. The number of para-hydroxylation sites is 1. The molecule has 1 fully saturated rings. The van der Waals surface area contributed by atoms with Gasteiger partial charge in [-0.25, -0.2) is 9.78 Å². The third-order valence-electron chi connectivity index (χ3n) is 5.19. The van der Waals surface area contributed by atoms with Gasteiger partial charge < -0.3 is 8.94 Å². The van der Waals surface area contributed by atoms with Crippen molar-refractivity contribution < 1.29 is 8.94 Å². The molecular weight excluding hydrogens is 398 g/mol. The average Bonchev–Trinajstić information content (AvgIpc) is 3.31. The fourth-order valence-electron chi connectivity index (χ4n) is 3.39. The third kappa shape index (κ3) is 3.04. The van der Waals surface area contributed by atoms with Gasteiger partial charge in [0.2, 0.25) is 5.82 Å². The zero-order chi connectivity index (χ0) is 20.1. The first-order valence-electron chi connectivity index (χ1n) is 9.68. The van der Waals surface area contributed by atoms with E-state index < -0.39 is 5.63 Å². The summed E-state index contributed by atoms with van der Waals surface area (Å²) >= 11 is 1.73. The largest absolute Gasteiger partial charge is 0.422 e. The molecule has 0 N–H and O–H groups in total. The zero-order valence-corrected chi connectivity index (χ0v) is 16.6. The van der Waals surface area contributed by atoms with Gasteiger partial charge in [0.05, 0.1) is 10.7 Å². The molecule has 2 aromatic carbocycles. The minimum atomic E-state index is -0.505. The number of nitrogens with zero attached hydrogens (tertiary/aromatic N) is 3. The maximum atomic E-state index is 12.3. The smallest absolute Gasteiger partial charge is 0.349 e. The second-order valence-corrected chi connectivity index (χ2v) is 8.22. The first-order valence-corrected chi connectivity index (χ1v) is 10.6. The molecule has 0 amide bonds. The summed E-state index contributed by atoms with van der Waals surface area (Å²) in [5.74, 6) is 1.22. The number of aromatic nitrogens is 3. The first-order chi connectivity index (χ1) is 14.7. The quantitative estimate of drug-likeness (QED) is 0.361. The van der Waals surface area contributed by atoms with E-state index in [4.69, 9.17) is 13.9 Å². The van der Waals surface area contributed by atoms with Crippen LogP contribution < -0.4 is 5.63 Å². The van der Waals surface area contributed by atoms with Crippen molar-refractivity contribution in [3.05, 3.63) is 75.4 Å². The summed E-state index contributed by atoms with van der Waals surface area (Å²) in [6.45, 7) is 0. The zero-order valence-electron chi connectivity index (χ0n) is 15.7. The van der Waals surface area contributed by atoms with Crippen molar-refractivity contribution in [1.29, 1.82) is 0 Å². The maximum absolute atomic E-state index is 12.3. The van der Waals surface area contributed by atoms with E-state index >= 15 is 0 Å². The van der Waals surface area contributed by atoms with Crippen LogP contribution in [-0.4, -0.2) is 15.1 Å². The van der Waals surface area contributed by atoms with Gasteiger partial charge in [0.15, 0.2) is 0 Å². The molecule has 146 valence electrons. The SMILES string of the molecule is O=c1oc2ccccc2cc1-c1nc(-c2ccc(-c3csc(C4CC4)n3)cc2)no1. The standard InChI is InChI=1S/C23H15N3O3S/c27-23-17(11-16-3-1-2-4-19(16)28-23)21-25-20(26-29-21)14-7-5-13(6-8-14)18-12-30-22(24-18)15-9-10-15/h1-8,11-12,15H,9-10H2. The molecule has 0 bridgehead atoms. The Morgan fingerprint density at radius 2 is 1.77 bits per heavy atom. The van der Waals surface area contributed by atoms with E-state index in [1.807, 2.05) is 42.5 Å². The Labute approximate surface area is 174 Å². The summed E-state index contributed by atoms with van der Waals surface area (Å²) < 4.78 is 10.7. The summed E-state index contributed by atoms with van der Waals surface area (Å²) in [4.78, 5) is 21.5. The Morgan fingerprint density at radius 1 is 0.967 bits per heavy atom. The molecule has 3 aromatic heterocycles. The first kappa shape index (κ1) is 17.3. The van der Waals surface area contributed by atoms with Crippen LogP contribution in [0.5, 0.6) is 0 Å². The fourth-order valence-corrected chi connectivity index (χ4v) is 4.39. The van der Waals surface area contributed by atoms with Crippen molar-refractivity contribution >= 4 is 22.3 Å². The summed E-state index contributed by atoms with van der Waals surface area (Å²) in [5, 5.41) is 8.17. The van der Waals surface area contributed by atoms with Gasteiger partial charge in [0, 0.05) is 27.8 Å². The van der Waals surface area contributed by atoms with Gasteiger partial charge >= 0.3 is 5.63 Å². The molecule has 5 aromatic rings. The monoisotopic (exact) mass is 413 g/mol. The minimum Gasteiger partial charge on any atom is -0.422 e. The summed E-state index contributed by atoms with van der Waals surface area (Å²) in [5.41, 5.74) is 3.12. The van der Waals surface area contributed by atoms with Crippen molar-refractivity contribution in [2.45, 2.75) is 18.8 Å². The maximum Gasteiger partial charge on any atom is 0.349 e. The molecule has 30 heavy (non-hydrogen) atoms. The second-order valence-electron chi connectivity index (χ2n) is 7.33. The van der Waals surface area contributed by atoms with Gasteiger partial charge in [0.1, 0.15) is 11.1 Å². The number of rotatable bonds is 4.